The third kappa shape index (κ3) is 3.01. The number of hydrogen-bond acceptors (Lipinski definition) is 7. The van der Waals surface area contributed by atoms with Crippen LogP contribution in [0.3, 0.4) is 0 Å². The van der Waals surface area contributed by atoms with E-state index in [1.807, 2.05) is 18.2 Å². The zero-order valence-electron chi connectivity index (χ0n) is 13.0. The van der Waals surface area contributed by atoms with Gasteiger partial charge in [-0.1, -0.05) is 29.5 Å². The monoisotopic (exact) mass is 346 g/mol. The summed E-state index contributed by atoms with van der Waals surface area (Å²) in [6.07, 6.45) is 1.35. The van der Waals surface area contributed by atoms with Gasteiger partial charge in [-0.25, -0.2) is 9.78 Å². The van der Waals surface area contributed by atoms with Crippen molar-refractivity contribution in [3.05, 3.63) is 46.7 Å². The zero-order valence-corrected chi connectivity index (χ0v) is 13.8. The van der Waals surface area contributed by atoms with Crippen LogP contribution in [0.1, 0.15) is 25.8 Å². The number of hydrogen-bond donors (Lipinski definition) is 1. The molecule has 0 fully saturated rings. The van der Waals surface area contributed by atoms with Gasteiger partial charge in [0.2, 0.25) is 0 Å². The van der Waals surface area contributed by atoms with E-state index in [1.54, 1.807) is 13.2 Å². The van der Waals surface area contributed by atoms with Crippen LogP contribution < -0.4 is 5.32 Å². The molecule has 0 bridgehead atoms. The maximum atomic E-state index is 12.5. The van der Waals surface area contributed by atoms with Crippen LogP contribution in [0.4, 0.5) is 5.13 Å². The topological polar surface area (TPSA) is 90.7 Å². The largest absolute Gasteiger partial charge is 0.465 e. The Bertz CT molecular complexity index is 899. The average molecular weight is 346 g/mol. The Kier molecular flexibility index (Phi) is 4.59. The van der Waals surface area contributed by atoms with Gasteiger partial charge < -0.3 is 13.9 Å². The van der Waals surface area contributed by atoms with Crippen LogP contribution in [0.5, 0.6) is 0 Å². The summed E-state index contributed by atoms with van der Waals surface area (Å²) >= 11 is 1.02. The molecule has 1 amide bonds. The van der Waals surface area contributed by atoms with E-state index in [0.29, 0.717) is 16.0 Å². The summed E-state index contributed by atoms with van der Waals surface area (Å²) in [5, 5.41) is 3.73. The summed E-state index contributed by atoms with van der Waals surface area (Å²) < 4.78 is 15.4. The van der Waals surface area contributed by atoms with Gasteiger partial charge in [0.1, 0.15) is 10.5 Å². The molecule has 2 heterocycles. The highest BCUT2D eigenvalue weighted by atomic mass is 32.1. The summed E-state index contributed by atoms with van der Waals surface area (Å²) in [6, 6.07) is 7.34. The molecule has 1 aromatic carbocycles. The van der Waals surface area contributed by atoms with E-state index in [0.717, 1.165) is 16.7 Å². The van der Waals surface area contributed by atoms with E-state index in [1.165, 1.54) is 13.3 Å². The Labute approximate surface area is 141 Å². The van der Waals surface area contributed by atoms with E-state index in [9.17, 15) is 9.59 Å². The molecule has 3 aromatic rings. The number of amides is 1. The zero-order chi connectivity index (χ0) is 17.1. The molecule has 0 aliphatic heterocycles. The standard InChI is InChI=1S/C16H14N2O5S/c1-21-8-10-9-5-3-4-6-11(9)23-13(10)14(19)18-16-17-7-12(24-16)15(20)22-2/h3-7H,8H2,1-2H3,(H,17,18,19). The first kappa shape index (κ1) is 16.2. The Morgan fingerprint density at radius 1 is 1.29 bits per heavy atom. The molecule has 0 atom stereocenters. The van der Waals surface area contributed by atoms with Gasteiger partial charge in [0.25, 0.3) is 5.91 Å². The van der Waals surface area contributed by atoms with Crippen molar-refractivity contribution in [2.24, 2.45) is 0 Å². The number of fused-ring (bicyclic) bond motifs is 1. The van der Waals surface area contributed by atoms with Crippen molar-refractivity contribution in [3.8, 4) is 0 Å². The maximum Gasteiger partial charge on any atom is 0.349 e. The first-order chi connectivity index (χ1) is 11.6. The lowest BCUT2D eigenvalue weighted by Crippen LogP contribution is -2.13. The molecule has 0 radical (unpaired) electrons. The molecule has 1 N–H and O–H groups in total. The third-order valence-corrected chi connectivity index (χ3v) is 4.20. The number of nitrogens with zero attached hydrogens (tertiary/aromatic N) is 1. The van der Waals surface area contributed by atoms with Crippen LogP contribution in [0, 0.1) is 0 Å². The highest BCUT2D eigenvalue weighted by Gasteiger charge is 2.22. The maximum absolute atomic E-state index is 12.5. The van der Waals surface area contributed by atoms with Gasteiger partial charge in [0.05, 0.1) is 19.9 Å². The molecule has 0 saturated carbocycles. The Morgan fingerprint density at radius 2 is 2.08 bits per heavy atom. The van der Waals surface area contributed by atoms with Crippen LogP contribution in [0.15, 0.2) is 34.9 Å². The Balaban J connectivity index is 1.89. The number of benzene rings is 1. The van der Waals surface area contributed by atoms with Crippen molar-refractivity contribution in [3.63, 3.8) is 0 Å². The van der Waals surface area contributed by atoms with Gasteiger partial charge in [-0.05, 0) is 6.07 Å². The number of carbonyl (C=O) groups is 2. The lowest BCUT2D eigenvalue weighted by Gasteiger charge is -2.02. The number of aromatic nitrogens is 1. The number of carbonyl (C=O) groups excluding carboxylic acids is 2. The minimum atomic E-state index is -0.503. The average Bonchev–Trinajstić information content (AvgIpc) is 3.20. The van der Waals surface area contributed by atoms with Gasteiger partial charge in [-0.3, -0.25) is 10.1 Å². The number of esters is 1. The smallest absolute Gasteiger partial charge is 0.349 e. The predicted molar refractivity (Wildman–Crippen MR) is 88.3 cm³/mol. The van der Waals surface area contributed by atoms with Crippen LogP contribution in [0.2, 0.25) is 0 Å². The van der Waals surface area contributed by atoms with Crippen molar-refractivity contribution in [1.29, 1.82) is 0 Å². The fourth-order valence-electron chi connectivity index (χ4n) is 2.25. The van der Waals surface area contributed by atoms with Gasteiger partial charge in [-0.2, -0.15) is 0 Å². The van der Waals surface area contributed by atoms with E-state index in [4.69, 9.17) is 9.15 Å². The quantitative estimate of drug-likeness (QED) is 0.714. The molecule has 0 unspecified atom stereocenters. The van der Waals surface area contributed by atoms with E-state index in [-0.39, 0.29) is 17.5 Å². The van der Waals surface area contributed by atoms with Crippen LogP contribution in [0.25, 0.3) is 11.0 Å². The Hall–Kier alpha value is -2.71. The molecule has 3 rings (SSSR count). The summed E-state index contributed by atoms with van der Waals surface area (Å²) in [4.78, 5) is 28.3. The molecule has 2 aromatic heterocycles. The minimum Gasteiger partial charge on any atom is -0.465 e. The van der Waals surface area contributed by atoms with Gasteiger partial charge in [0.15, 0.2) is 10.9 Å². The van der Waals surface area contributed by atoms with E-state index in [2.05, 4.69) is 15.0 Å². The second-order valence-corrected chi connectivity index (χ2v) is 5.84. The SMILES string of the molecule is COCc1c(C(=O)Nc2ncc(C(=O)OC)s2)oc2ccccc12. The number of furan rings is 1. The molecular formula is C16H14N2O5S. The highest BCUT2D eigenvalue weighted by Crippen LogP contribution is 2.28. The highest BCUT2D eigenvalue weighted by molar-refractivity contribution is 7.17. The van der Waals surface area contributed by atoms with Crippen LogP contribution in [-0.4, -0.2) is 31.1 Å². The first-order valence-electron chi connectivity index (χ1n) is 6.99. The Morgan fingerprint density at radius 3 is 2.83 bits per heavy atom. The summed E-state index contributed by atoms with van der Waals surface area (Å²) in [7, 11) is 2.83. The number of anilines is 1. The summed E-state index contributed by atoms with van der Waals surface area (Å²) in [6.45, 7) is 0.241. The second-order valence-electron chi connectivity index (χ2n) is 4.81. The fraction of sp³-hybridized carbons (Fsp3) is 0.188. The van der Waals surface area contributed by atoms with Crippen molar-refractivity contribution in [1.82, 2.24) is 4.98 Å². The van der Waals surface area contributed by atoms with E-state index < -0.39 is 11.9 Å². The second kappa shape index (κ2) is 6.81. The van der Waals surface area contributed by atoms with Crippen molar-refractivity contribution >= 4 is 39.3 Å². The first-order valence-corrected chi connectivity index (χ1v) is 7.80. The number of methoxy groups -OCH3 is 2. The molecule has 24 heavy (non-hydrogen) atoms. The number of nitrogens with one attached hydrogen (secondary N) is 1. The van der Waals surface area contributed by atoms with E-state index >= 15 is 0 Å². The fourth-order valence-corrected chi connectivity index (χ4v) is 2.98. The molecule has 0 spiro atoms. The molecule has 0 aliphatic rings. The van der Waals surface area contributed by atoms with Crippen LogP contribution in [-0.2, 0) is 16.1 Å². The number of ether oxygens (including phenoxy) is 2. The molecule has 7 nitrogen and oxygen atoms in total. The lowest BCUT2D eigenvalue weighted by atomic mass is 10.1. The normalized spacial score (nSPS) is 10.8. The lowest BCUT2D eigenvalue weighted by molar-refractivity contribution is 0.0606. The predicted octanol–water partition coefficient (Wildman–Crippen LogP) is 3.07. The van der Waals surface area contributed by atoms with Gasteiger partial charge >= 0.3 is 5.97 Å². The summed E-state index contributed by atoms with van der Waals surface area (Å²) in [5.41, 5.74) is 1.26. The van der Waals surface area contributed by atoms with Crippen molar-refractivity contribution in [2.45, 2.75) is 6.61 Å². The number of para-hydroxylation sites is 1. The van der Waals surface area contributed by atoms with Crippen LogP contribution >= 0.6 is 11.3 Å². The third-order valence-electron chi connectivity index (χ3n) is 3.31. The molecular weight excluding hydrogens is 332 g/mol. The molecule has 0 aliphatic carbocycles. The molecule has 0 saturated heterocycles. The van der Waals surface area contributed by atoms with Crippen molar-refractivity contribution in [2.75, 3.05) is 19.5 Å². The molecule has 8 heteroatoms. The number of thiazole rings is 1. The van der Waals surface area contributed by atoms with Gasteiger partial charge in [0, 0.05) is 18.1 Å². The summed E-state index contributed by atoms with van der Waals surface area (Å²) in [5.74, 6) is -0.798. The number of rotatable bonds is 5. The molecule has 124 valence electrons. The minimum absolute atomic E-state index is 0.160. The van der Waals surface area contributed by atoms with Crippen molar-refractivity contribution < 1.29 is 23.5 Å². The van der Waals surface area contributed by atoms with Gasteiger partial charge in [-0.15, -0.1) is 0 Å².